The van der Waals surface area contributed by atoms with Crippen LogP contribution in [0.5, 0.6) is 0 Å². The van der Waals surface area contributed by atoms with E-state index in [9.17, 15) is 10.1 Å². The van der Waals surface area contributed by atoms with Gasteiger partial charge in [-0.1, -0.05) is 30.3 Å². The summed E-state index contributed by atoms with van der Waals surface area (Å²) in [6, 6.07) is 17.3. The third-order valence-corrected chi connectivity index (χ3v) is 4.34. The molecule has 0 bridgehead atoms. The van der Waals surface area contributed by atoms with E-state index < -0.39 is 5.91 Å². The van der Waals surface area contributed by atoms with Gasteiger partial charge in [-0.25, -0.2) is 0 Å². The Morgan fingerprint density at radius 1 is 1.15 bits per heavy atom. The summed E-state index contributed by atoms with van der Waals surface area (Å²) in [5.41, 5.74) is 3.67. The Hall–Kier alpha value is -3.10. The molecule has 26 heavy (non-hydrogen) atoms. The number of carbonyl (C=O) groups excluding carboxylic acids is 1. The molecule has 0 saturated carbocycles. The van der Waals surface area contributed by atoms with Crippen molar-refractivity contribution in [1.82, 2.24) is 0 Å². The average Bonchev–Trinajstić information content (AvgIpc) is 2.69. The Balaban J connectivity index is 1.73. The number of morpholine rings is 1. The lowest BCUT2D eigenvalue weighted by Gasteiger charge is -2.28. The standard InChI is InChI=1S/C21H21N3O2/c1-16-4-2-3-5-20(16)23-21(25)18(15-22)14-17-6-8-19(9-7-17)24-10-12-26-13-11-24/h2-9,14H,10-13H2,1H3,(H,23,25)/b18-14-. The maximum atomic E-state index is 12.4. The summed E-state index contributed by atoms with van der Waals surface area (Å²) in [4.78, 5) is 14.6. The van der Waals surface area contributed by atoms with Gasteiger partial charge in [0.1, 0.15) is 11.6 Å². The maximum absolute atomic E-state index is 12.4. The molecule has 132 valence electrons. The van der Waals surface area contributed by atoms with Crippen molar-refractivity contribution in [3.05, 3.63) is 65.2 Å². The molecule has 1 aliphatic heterocycles. The maximum Gasteiger partial charge on any atom is 0.266 e. The minimum atomic E-state index is -0.404. The number of hydrogen-bond acceptors (Lipinski definition) is 4. The van der Waals surface area contributed by atoms with E-state index in [-0.39, 0.29) is 5.57 Å². The number of nitriles is 1. The lowest BCUT2D eigenvalue weighted by Crippen LogP contribution is -2.36. The van der Waals surface area contributed by atoms with Crippen molar-refractivity contribution in [1.29, 1.82) is 5.26 Å². The average molecular weight is 347 g/mol. The zero-order valence-corrected chi connectivity index (χ0v) is 14.7. The number of amides is 1. The molecule has 1 heterocycles. The number of ether oxygens (including phenoxy) is 1. The first-order chi connectivity index (χ1) is 12.7. The van der Waals surface area contributed by atoms with Crippen molar-refractivity contribution in [3.63, 3.8) is 0 Å². The highest BCUT2D eigenvalue weighted by Gasteiger charge is 2.12. The summed E-state index contributed by atoms with van der Waals surface area (Å²) in [7, 11) is 0. The van der Waals surface area contributed by atoms with E-state index in [1.165, 1.54) is 0 Å². The summed E-state index contributed by atoms with van der Waals surface area (Å²) in [5, 5.41) is 12.2. The molecule has 5 nitrogen and oxygen atoms in total. The van der Waals surface area contributed by atoms with Gasteiger partial charge < -0.3 is 15.0 Å². The Labute approximate surface area is 153 Å². The summed E-state index contributed by atoms with van der Waals surface area (Å²) in [6.45, 7) is 5.13. The van der Waals surface area contributed by atoms with Gasteiger partial charge in [-0.15, -0.1) is 0 Å². The number of hydrogen-bond donors (Lipinski definition) is 1. The molecule has 1 N–H and O–H groups in total. The summed E-state index contributed by atoms with van der Waals surface area (Å²) in [6.07, 6.45) is 1.61. The predicted molar refractivity (Wildman–Crippen MR) is 103 cm³/mol. The predicted octanol–water partition coefficient (Wildman–Crippen LogP) is 3.38. The first-order valence-electron chi connectivity index (χ1n) is 8.59. The van der Waals surface area contributed by atoms with Crippen molar-refractivity contribution < 1.29 is 9.53 Å². The fourth-order valence-electron chi connectivity index (χ4n) is 2.82. The van der Waals surface area contributed by atoms with E-state index in [4.69, 9.17) is 4.74 Å². The third-order valence-electron chi connectivity index (χ3n) is 4.34. The fourth-order valence-corrected chi connectivity index (χ4v) is 2.82. The Bertz CT molecular complexity index is 844. The highest BCUT2D eigenvalue weighted by atomic mass is 16.5. The van der Waals surface area contributed by atoms with E-state index in [2.05, 4.69) is 10.2 Å². The lowest BCUT2D eigenvalue weighted by atomic mass is 10.1. The van der Waals surface area contributed by atoms with Crippen LogP contribution in [0.1, 0.15) is 11.1 Å². The number of benzene rings is 2. The van der Waals surface area contributed by atoms with Gasteiger partial charge in [0.05, 0.1) is 13.2 Å². The number of nitrogens with one attached hydrogen (secondary N) is 1. The molecule has 0 unspecified atom stereocenters. The number of nitrogens with zero attached hydrogens (tertiary/aromatic N) is 2. The van der Waals surface area contributed by atoms with Gasteiger partial charge >= 0.3 is 0 Å². The molecular formula is C21H21N3O2. The first kappa shape index (κ1) is 17.7. The molecule has 2 aromatic carbocycles. The van der Waals surface area contributed by atoms with Gasteiger partial charge in [0, 0.05) is 24.5 Å². The Morgan fingerprint density at radius 3 is 2.50 bits per heavy atom. The third kappa shape index (κ3) is 4.29. The van der Waals surface area contributed by atoms with Crippen LogP contribution >= 0.6 is 0 Å². The van der Waals surface area contributed by atoms with Crippen LogP contribution in [0.4, 0.5) is 11.4 Å². The molecule has 0 spiro atoms. The van der Waals surface area contributed by atoms with Crippen molar-refractivity contribution >= 4 is 23.4 Å². The SMILES string of the molecule is Cc1ccccc1NC(=O)/C(C#N)=C\c1ccc(N2CCOCC2)cc1. The molecule has 3 rings (SSSR count). The monoisotopic (exact) mass is 347 g/mol. The van der Waals surface area contributed by atoms with Crippen molar-refractivity contribution in [3.8, 4) is 6.07 Å². The number of para-hydroxylation sites is 1. The second-order valence-corrected chi connectivity index (χ2v) is 6.13. The molecule has 5 heteroatoms. The highest BCUT2D eigenvalue weighted by molar-refractivity contribution is 6.09. The zero-order valence-electron chi connectivity index (χ0n) is 14.7. The molecule has 1 amide bonds. The minimum absolute atomic E-state index is 0.0763. The van der Waals surface area contributed by atoms with Gasteiger partial charge in [-0.3, -0.25) is 4.79 Å². The van der Waals surface area contributed by atoms with E-state index >= 15 is 0 Å². The van der Waals surface area contributed by atoms with Crippen LogP contribution in [0.25, 0.3) is 6.08 Å². The molecule has 0 aromatic heterocycles. The Morgan fingerprint density at radius 2 is 1.85 bits per heavy atom. The van der Waals surface area contributed by atoms with E-state index in [0.29, 0.717) is 5.69 Å². The fraction of sp³-hybridized carbons (Fsp3) is 0.238. The van der Waals surface area contributed by atoms with Crippen LogP contribution in [0.2, 0.25) is 0 Å². The molecule has 1 fully saturated rings. The second kappa shape index (κ2) is 8.32. The molecule has 2 aromatic rings. The van der Waals surface area contributed by atoms with Crippen LogP contribution in [-0.2, 0) is 9.53 Å². The van der Waals surface area contributed by atoms with E-state index in [1.807, 2.05) is 61.5 Å². The van der Waals surface area contributed by atoms with Crippen molar-refractivity contribution in [2.75, 3.05) is 36.5 Å². The van der Waals surface area contributed by atoms with E-state index in [1.54, 1.807) is 6.08 Å². The molecule has 0 radical (unpaired) electrons. The highest BCUT2D eigenvalue weighted by Crippen LogP contribution is 2.19. The van der Waals surface area contributed by atoms with E-state index in [0.717, 1.165) is 43.1 Å². The summed E-state index contributed by atoms with van der Waals surface area (Å²) in [5.74, 6) is -0.404. The van der Waals surface area contributed by atoms with Gasteiger partial charge in [0.15, 0.2) is 0 Å². The van der Waals surface area contributed by atoms with Gasteiger partial charge in [0.25, 0.3) is 5.91 Å². The summed E-state index contributed by atoms with van der Waals surface area (Å²) < 4.78 is 5.36. The number of rotatable bonds is 4. The van der Waals surface area contributed by atoms with Crippen molar-refractivity contribution in [2.24, 2.45) is 0 Å². The topological polar surface area (TPSA) is 65.4 Å². The zero-order chi connectivity index (χ0) is 18.4. The molecular weight excluding hydrogens is 326 g/mol. The van der Waals surface area contributed by atoms with Gasteiger partial charge in [0.2, 0.25) is 0 Å². The second-order valence-electron chi connectivity index (χ2n) is 6.13. The number of carbonyl (C=O) groups is 1. The smallest absolute Gasteiger partial charge is 0.266 e. The Kier molecular flexibility index (Phi) is 5.67. The van der Waals surface area contributed by atoms with Gasteiger partial charge in [-0.2, -0.15) is 5.26 Å². The normalized spacial score (nSPS) is 14.6. The van der Waals surface area contributed by atoms with Crippen LogP contribution in [0, 0.1) is 18.3 Å². The largest absolute Gasteiger partial charge is 0.378 e. The quantitative estimate of drug-likeness (QED) is 0.680. The lowest BCUT2D eigenvalue weighted by molar-refractivity contribution is -0.112. The minimum Gasteiger partial charge on any atom is -0.378 e. The molecule has 0 atom stereocenters. The first-order valence-corrected chi connectivity index (χ1v) is 8.59. The molecule has 1 saturated heterocycles. The van der Waals surface area contributed by atoms with Gasteiger partial charge in [-0.05, 0) is 42.3 Å². The summed E-state index contributed by atoms with van der Waals surface area (Å²) >= 11 is 0. The van der Waals surface area contributed by atoms with Crippen LogP contribution < -0.4 is 10.2 Å². The van der Waals surface area contributed by atoms with Crippen LogP contribution in [0.3, 0.4) is 0 Å². The number of anilines is 2. The molecule has 1 aliphatic rings. The molecule has 0 aliphatic carbocycles. The number of aryl methyl sites for hydroxylation is 1. The van der Waals surface area contributed by atoms with Crippen LogP contribution in [-0.4, -0.2) is 32.2 Å². The van der Waals surface area contributed by atoms with Crippen LogP contribution in [0.15, 0.2) is 54.1 Å². The van der Waals surface area contributed by atoms with Crippen molar-refractivity contribution in [2.45, 2.75) is 6.92 Å².